The molecule has 1 aromatic rings. The summed E-state index contributed by atoms with van der Waals surface area (Å²) in [7, 11) is 0. The molecule has 0 radical (unpaired) electrons. The number of nitrogens with zero attached hydrogens (tertiary/aromatic N) is 1. The van der Waals surface area contributed by atoms with Crippen LogP contribution in [0.2, 0.25) is 0 Å². The largest absolute Gasteiger partial charge is 0.327 e. The van der Waals surface area contributed by atoms with Crippen molar-refractivity contribution in [3.63, 3.8) is 0 Å². The second-order valence-corrected chi connectivity index (χ2v) is 6.03. The fraction of sp³-hybridized carbons (Fsp3) is 0.625. The van der Waals surface area contributed by atoms with Gasteiger partial charge in [-0.3, -0.25) is 4.90 Å². The summed E-state index contributed by atoms with van der Waals surface area (Å²) in [6.07, 6.45) is 3.72. The van der Waals surface area contributed by atoms with E-state index in [2.05, 4.69) is 36.1 Å². The molecule has 19 heavy (non-hydrogen) atoms. The van der Waals surface area contributed by atoms with Crippen LogP contribution >= 0.6 is 12.4 Å². The number of nitrogens with two attached hydrogens (primary N) is 1. The van der Waals surface area contributed by atoms with Gasteiger partial charge in [0.2, 0.25) is 0 Å². The minimum Gasteiger partial charge on any atom is -0.327 e. The van der Waals surface area contributed by atoms with Gasteiger partial charge in [0.1, 0.15) is 0 Å². The first kappa shape index (κ1) is 14.8. The van der Waals surface area contributed by atoms with Crippen molar-refractivity contribution >= 4 is 12.4 Å². The highest BCUT2D eigenvalue weighted by Crippen LogP contribution is 2.37. The Morgan fingerprint density at radius 3 is 2.42 bits per heavy atom. The summed E-state index contributed by atoms with van der Waals surface area (Å²) in [6, 6.07) is 9.55. The molecule has 0 spiro atoms. The zero-order valence-electron chi connectivity index (χ0n) is 11.7. The molecule has 1 aliphatic heterocycles. The Balaban J connectivity index is 0.00000133. The van der Waals surface area contributed by atoms with Crippen LogP contribution in [-0.2, 0) is 13.0 Å². The van der Waals surface area contributed by atoms with E-state index >= 15 is 0 Å². The van der Waals surface area contributed by atoms with Crippen molar-refractivity contribution in [3.05, 3.63) is 35.4 Å². The number of fused-ring (bicyclic) bond motifs is 1. The number of hydrogen-bond donors (Lipinski definition) is 1. The van der Waals surface area contributed by atoms with E-state index in [-0.39, 0.29) is 12.4 Å². The van der Waals surface area contributed by atoms with Crippen LogP contribution < -0.4 is 5.73 Å². The Morgan fingerprint density at radius 2 is 1.79 bits per heavy atom. The van der Waals surface area contributed by atoms with Gasteiger partial charge in [0.05, 0.1) is 0 Å². The maximum absolute atomic E-state index is 6.19. The standard InChI is InChI=1S/C16H24N2.ClH/c1-2-12-3-5-13(6-4-12)9-18-10-14-7-8-16(17)15(14)11-18;/h3-6,14-16H,2,7-11,17H2,1H3;1H. The lowest BCUT2D eigenvalue weighted by Crippen LogP contribution is -2.30. The van der Waals surface area contributed by atoms with Crippen LogP contribution in [0, 0.1) is 11.8 Å². The lowest BCUT2D eigenvalue weighted by atomic mass is 9.98. The van der Waals surface area contributed by atoms with Gasteiger partial charge >= 0.3 is 0 Å². The maximum Gasteiger partial charge on any atom is 0.0233 e. The molecular formula is C16H25ClN2. The number of halogens is 1. The molecule has 3 atom stereocenters. The number of aryl methyl sites for hydroxylation is 1. The van der Waals surface area contributed by atoms with Gasteiger partial charge in [-0.1, -0.05) is 31.2 Å². The minimum absolute atomic E-state index is 0. The Morgan fingerprint density at radius 1 is 1.11 bits per heavy atom. The van der Waals surface area contributed by atoms with Gasteiger partial charge in [-0.25, -0.2) is 0 Å². The summed E-state index contributed by atoms with van der Waals surface area (Å²) in [5.41, 5.74) is 9.06. The minimum atomic E-state index is 0. The zero-order chi connectivity index (χ0) is 12.5. The third-order valence-electron chi connectivity index (χ3n) is 4.83. The molecule has 2 fully saturated rings. The summed E-state index contributed by atoms with van der Waals surface area (Å²) < 4.78 is 0. The fourth-order valence-corrected chi connectivity index (χ4v) is 3.67. The first-order chi connectivity index (χ1) is 8.76. The van der Waals surface area contributed by atoms with Gasteiger partial charge in [-0.15, -0.1) is 12.4 Å². The highest BCUT2D eigenvalue weighted by molar-refractivity contribution is 5.85. The van der Waals surface area contributed by atoms with E-state index in [0.717, 1.165) is 24.8 Å². The van der Waals surface area contributed by atoms with Crippen molar-refractivity contribution in [1.82, 2.24) is 4.90 Å². The summed E-state index contributed by atoms with van der Waals surface area (Å²) in [5, 5.41) is 0. The van der Waals surface area contributed by atoms with Gasteiger partial charge in [-0.05, 0) is 42.2 Å². The second-order valence-electron chi connectivity index (χ2n) is 6.03. The molecule has 1 aliphatic carbocycles. The van der Waals surface area contributed by atoms with Gasteiger partial charge in [0, 0.05) is 25.7 Å². The molecule has 1 saturated carbocycles. The van der Waals surface area contributed by atoms with Crippen molar-refractivity contribution < 1.29 is 0 Å². The highest BCUT2D eigenvalue weighted by atomic mass is 35.5. The Hall–Kier alpha value is -0.570. The van der Waals surface area contributed by atoms with E-state index in [9.17, 15) is 0 Å². The van der Waals surface area contributed by atoms with E-state index < -0.39 is 0 Å². The summed E-state index contributed by atoms with van der Waals surface area (Å²) in [6.45, 7) is 5.77. The summed E-state index contributed by atoms with van der Waals surface area (Å²) in [4.78, 5) is 2.59. The second kappa shape index (κ2) is 6.25. The number of hydrogen-bond acceptors (Lipinski definition) is 2. The van der Waals surface area contributed by atoms with Crippen LogP contribution in [0.5, 0.6) is 0 Å². The van der Waals surface area contributed by atoms with Crippen LogP contribution in [0.4, 0.5) is 0 Å². The van der Waals surface area contributed by atoms with Gasteiger partial charge < -0.3 is 5.73 Å². The van der Waals surface area contributed by atoms with E-state index in [1.165, 1.54) is 37.1 Å². The Labute approximate surface area is 122 Å². The highest BCUT2D eigenvalue weighted by Gasteiger charge is 2.40. The van der Waals surface area contributed by atoms with E-state index in [4.69, 9.17) is 5.73 Å². The maximum atomic E-state index is 6.19. The van der Waals surface area contributed by atoms with Crippen molar-refractivity contribution in [2.75, 3.05) is 13.1 Å². The Bertz CT molecular complexity index is 404. The molecule has 1 aromatic carbocycles. The van der Waals surface area contributed by atoms with Crippen molar-refractivity contribution in [2.45, 2.75) is 38.8 Å². The molecule has 2 N–H and O–H groups in total. The van der Waals surface area contributed by atoms with Crippen LogP contribution in [0.15, 0.2) is 24.3 Å². The third kappa shape index (κ3) is 3.13. The number of likely N-dealkylation sites (tertiary alicyclic amines) is 1. The zero-order valence-corrected chi connectivity index (χ0v) is 12.5. The number of rotatable bonds is 3. The molecule has 2 nitrogen and oxygen atoms in total. The SMILES string of the molecule is CCc1ccc(CN2CC3CCC(N)C3C2)cc1.Cl. The smallest absolute Gasteiger partial charge is 0.0233 e. The van der Waals surface area contributed by atoms with E-state index in [0.29, 0.717) is 6.04 Å². The van der Waals surface area contributed by atoms with Crippen LogP contribution in [-0.4, -0.2) is 24.0 Å². The topological polar surface area (TPSA) is 29.3 Å². The molecular weight excluding hydrogens is 256 g/mol. The molecule has 3 rings (SSSR count). The Kier molecular flexibility index (Phi) is 4.88. The molecule has 3 unspecified atom stereocenters. The third-order valence-corrected chi connectivity index (χ3v) is 4.83. The van der Waals surface area contributed by atoms with Crippen molar-refractivity contribution in [3.8, 4) is 0 Å². The van der Waals surface area contributed by atoms with E-state index in [1.807, 2.05) is 0 Å². The number of benzene rings is 1. The first-order valence-corrected chi connectivity index (χ1v) is 7.32. The lowest BCUT2D eigenvalue weighted by molar-refractivity contribution is 0.298. The quantitative estimate of drug-likeness (QED) is 0.923. The monoisotopic (exact) mass is 280 g/mol. The molecule has 0 bridgehead atoms. The van der Waals surface area contributed by atoms with Gasteiger partial charge in [0.15, 0.2) is 0 Å². The van der Waals surface area contributed by atoms with E-state index in [1.54, 1.807) is 0 Å². The summed E-state index contributed by atoms with van der Waals surface area (Å²) in [5.74, 6) is 1.63. The molecule has 0 aromatic heterocycles. The van der Waals surface area contributed by atoms with Crippen molar-refractivity contribution in [2.24, 2.45) is 17.6 Å². The van der Waals surface area contributed by atoms with Crippen LogP contribution in [0.25, 0.3) is 0 Å². The van der Waals surface area contributed by atoms with Crippen LogP contribution in [0.3, 0.4) is 0 Å². The molecule has 1 saturated heterocycles. The summed E-state index contributed by atoms with van der Waals surface area (Å²) >= 11 is 0. The van der Waals surface area contributed by atoms with Gasteiger partial charge in [-0.2, -0.15) is 0 Å². The fourth-order valence-electron chi connectivity index (χ4n) is 3.67. The molecule has 3 heteroatoms. The predicted molar refractivity (Wildman–Crippen MR) is 82.5 cm³/mol. The molecule has 1 heterocycles. The lowest BCUT2D eigenvalue weighted by Gasteiger charge is -2.18. The van der Waals surface area contributed by atoms with Gasteiger partial charge in [0.25, 0.3) is 0 Å². The average molecular weight is 281 g/mol. The normalized spacial score (nSPS) is 30.1. The molecule has 2 aliphatic rings. The predicted octanol–water partition coefficient (Wildman–Crippen LogP) is 2.84. The van der Waals surface area contributed by atoms with Crippen LogP contribution in [0.1, 0.15) is 30.9 Å². The molecule has 106 valence electrons. The first-order valence-electron chi connectivity index (χ1n) is 7.32. The van der Waals surface area contributed by atoms with Crippen molar-refractivity contribution in [1.29, 1.82) is 0 Å². The average Bonchev–Trinajstić information content (AvgIpc) is 2.93. The molecule has 0 amide bonds.